The second-order valence-corrected chi connectivity index (χ2v) is 8.07. The van der Waals surface area contributed by atoms with Crippen molar-refractivity contribution in [2.45, 2.75) is 51.4 Å². The van der Waals surface area contributed by atoms with Crippen LogP contribution in [0.25, 0.3) is 0 Å². The first kappa shape index (κ1) is 25.4. The average Bonchev–Trinajstić information content (AvgIpc) is 3.08. The van der Waals surface area contributed by atoms with Crippen LogP contribution in [0.4, 0.5) is 18.9 Å². The first-order chi connectivity index (χ1) is 15.0. The number of carboxylic acids is 1. The molecule has 0 aliphatic carbocycles. The Bertz CT molecular complexity index is 851. The van der Waals surface area contributed by atoms with E-state index >= 15 is 0 Å². The fourth-order valence-electron chi connectivity index (χ4n) is 3.34. The third-order valence-electron chi connectivity index (χ3n) is 5.06. The summed E-state index contributed by atoms with van der Waals surface area (Å²) in [6.07, 6.45) is 0.977. The number of aliphatic carboxylic acids is 1. The van der Waals surface area contributed by atoms with Crippen LogP contribution in [0, 0.1) is 5.92 Å². The summed E-state index contributed by atoms with van der Waals surface area (Å²) in [6.45, 7) is 5.85. The monoisotopic (exact) mass is 455 g/mol. The SMILES string of the molecule is CC(C)C[C@@H](/C=C/C(=O)N1CCc2ccccc21)NC(=O)[C@@H]1CCN1.O=C(O)C(F)(F)F. The van der Waals surface area contributed by atoms with E-state index in [9.17, 15) is 22.8 Å². The van der Waals surface area contributed by atoms with Gasteiger partial charge in [0.1, 0.15) is 0 Å². The number of hydrogen-bond donors (Lipinski definition) is 3. The van der Waals surface area contributed by atoms with Crippen molar-refractivity contribution in [3.05, 3.63) is 42.0 Å². The molecule has 0 bridgehead atoms. The van der Waals surface area contributed by atoms with Crippen LogP contribution in [0.3, 0.4) is 0 Å². The zero-order chi connectivity index (χ0) is 23.9. The molecule has 0 aromatic heterocycles. The molecule has 0 radical (unpaired) electrons. The van der Waals surface area contributed by atoms with E-state index in [1.54, 1.807) is 6.08 Å². The molecule has 2 aliphatic rings. The zero-order valence-corrected chi connectivity index (χ0v) is 18.0. The summed E-state index contributed by atoms with van der Waals surface area (Å²) in [7, 11) is 0. The minimum absolute atomic E-state index is 0.0188. The highest BCUT2D eigenvalue weighted by atomic mass is 19.4. The molecule has 176 valence electrons. The van der Waals surface area contributed by atoms with Crippen LogP contribution in [0.15, 0.2) is 36.4 Å². The lowest BCUT2D eigenvalue weighted by Gasteiger charge is -2.28. The molecule has 1 saturated heterocycles. The van der Waals surface area contributed by atoms with Gasteiger partial charge in [-0.1, -0.05) is 38.1 Å². The number of para-hydroxylation sites is 1. The maximum Gasteiger partial charge on any atom is 0.490 e. The first-order valence-corrected chi connectivity index (χ1v) is 10.4. The summed E-state index contributed by atoms with van der Waals surface area (Å²) >= 11 is 0. The van der Waals surface area contributed by atoms with Gasteiger partial charge in [-0.3, -0.25) is 9.59 Å². The fraction of sp³-hybridized carbons (Fsp3) is 0.500. The zero-order valence-electron chi connectivity index (χ0n) is 18.0. The Kier molecular flexibility index (Phi) is 8.82. The van der Waals surface area contributed by atoms with Gasteiger partial charge < -0.3 is 20.6 Å². The van der Waals surface area contributed by atoms with Crippen molar-refractivity contribution in [3.8, 4) is 0 Å². The van der Waals surface area contributed by atoms with Gasteiger partial charge in [-0.05, 0) is 43.4 Å². The number of alkyl halides is 3. The lowest BCUT2D eigenvalue weighted by Crippen LogP contribution is -2.55. The van der Waals surface area contributed by atoms with E-state index in [0.29, 0.717) is 5.92 Å². The molecule has 2 heterocycles. The standard InChI is InChI=1S/C20H27N3O2.C2HF3O2/c1-14(2)13-16(22-20(25)17-9-11-21-17)7-8-19(24)23-12-10-15-5-3-4-6-18(15)23;3-2(4,5)1(6)7/h3-8,14,16-17,21H,9-13H2,1-2H3,(H,22,25);(H,6,7)/b8-7+;/t16-,17+;/m1./s1. The van der Waals surface area contributed by atoms with E-state index in [2.05, 4.69) is 30.5 Å². The second-order valence-electron chi connectivity index (χ2n) is 8.07. The van der Waals surface area contributed by atoms with Crippen LogP contribution in [0.1, 0.15) is 32.3 Å². The summed E-state index contributed by atoms with van der Waals surface area (Å²) in [4.78, 5) is 35.5. The third-order valence-corrected chi connectivity index (χ3v) is 5.06. The molecule has 2 aliphatic heterocycles. The molecule has 3 rings (SSSR count). The number of halogens is 3. The quantitative estimate of drug-likeness (QED) is 0.573. The van der Waals surface area contributed by atoms with Crippen LogP contribution in [0.5, 0.6) is 0 Å². The Hall–Kier alpha value is -2.88. The van der Waals surface area contributed by atoms with Crippen molar-refractivity contribution in [2.24, 2.45) is 5.92 Å². The van der Waals surface area contributed by atoms with Gasteiger partial charge in [0, 0.05) is 24.4 Å². The van der Waals surface area contributed by atoms with E-state index < -0.39 is 12.1 Å². The highest BCUT2D eigenvalue weighted by molar-refractivity contribution is 6.03. The minimum Gasteiger partial charge on any atom is -0.475 e. The average molecular weight is 455 g/mol. The Morgan fingerprint density at radius 1 is 1.28 bits per heavy atom. The van der Waals surface area contributed by atoms with E-state index in [0.717, 1.165) is 38.0 Å². The molecule has 3 N–H and O–H groups in total. The summed E-state index contributed by atoms with van der Waals surface area (Å²) in [6, 6.07) is 7.83. The van der Waals surface area contributed by atoms with Gasteiger partial charge in [-0.25, -0.2) is 4.79 Å². The Balaban J connectivity index is 0.000000451. The van der Waals surface area contributed by atoms with Crippen molar-refractivity contribution in [3.63, 3.8) is 0 Å². The molecule has 0 unspecified atom stereocenters. The Morgan fingerprint density at radius 2 is 1.91 bits per heavy atom. The molecule has 10 heteroatoms. The first-order valence-electron chi connectivity index (χ1n) is 10.4. The summed E-state index contributed by atoms with van der Waals surface area (Å²) in [5.41, 5.74) is 2.22. The lowest BCUT2D eigenvalue weighted by atomic mass is 10.0. The highest BCUT2D eigenvalue weighted by Crippen LogP contribution is 2.27. The van der Waals surface area contributed by atoms with Gasteiger partial charge in [-0.15, -0.1) is 0 Å². The minimum atomic E-state index is -5.08. The van der Waals surface area contributed by atoms with Crippen LogP contribution in [0.2, 0.25) is 0 Å². The third kappa shape index (κ3) is 7.37. The van der Waals surface area contributed by atoms with E-state index in [1.807, 2.05) is 29.2 Å². The van der Waals surface area contributed by atoms with Crippen LogP contribution < -0.4 is 15.5 Å². The molecule has 2 atom stereocenters. The van der Waals surface area contributed by atoms with Crippen LogP contribution in [-0.2, 0) is 20.8 Å². The number of rotatable bonds is 6. The van der Waals surface area contributed by atoms with Crippen LogP contribution >= 0.6 is 0 Å². The summed E-state index contributed by atoms with van der Waals surface area (Å²) < 4.78 is 31.7. The van der Waals surface area contributed by atoms with Gasteiger partial charge in [0.25, 0.3) is 5.91 Å². The summed E-state index contributed by atoms with van der Waals surface area (Å²) in [5.74, 6) is -2.31. The number of nitrogens with zero attached hydrogens (tertiary/aromatic N) is 1. The van der Waals surface area contributed by atoms with Gasteiger partial charge in [0.15, 0.2) is 0 Å². The number of carboxylic acid groups (broad SMARTS) is 1. The number of nitrogens with one attached hydrogen (secondary N) is 2. The maximum atomic E-state index is 12.6. The molecule has 32 heavy (non-hydrogen) atoms. The maximum absolute atomic E-state index is 12.6. The van der Waals surface area contributed by atoms with Crippen molar-refractivity contribution in [1.29, 1.82) is 0 Å². The number of hydrogen-bond acceptors (Lipinski definition) is 4. The van der Waals surface area contributed by atoms with Gasteiger partial charge in [0.2, 0.25) is 5.91 Å². The second kappa shape index (κ2) is 11.1. The molecule has 1 aromatic carbocycles. The molecule has 2 amide bonds. The molecule has 1 fully saturated rings. The van der Waals surface area contributed by atoms with E-state index in [1.165, 1.54) is 5.56 Å². The molecular weight excluding hydrogens is 427 g/mol. The molecule has 1 aromatic rings. The largest absolute Gasteiger partial charge is 0.490 e. The molecule has 0 spiro atoms. The Morgan fingerprint density at radius 3 is 2.44 bits per heavy atom. The number of carbonyl (C=O) groups excluding carboxylic acids is 2. The van der Waals surface area contributed by atoms with E-state index in [-0.39, 0.29) is 23.9 Å². The van der Waals surface area contributed by atoms with Crippen molar-refractivity contribution in [2.75, 3.05) is 18.0 Å². The molecule has 7 nitrogen and oxygen atoms in total. The van der Waals surface area contributed by atoms with Gasteiger partial charge in [0.05, 0.1) is 6.04 Å². The topological polar surface area (TPSA) is 98.7 Å². The number of amides is 2. The Labute approximate surface area is 184 Å². The highest BCUT2D eigenvalue weighted by Gasteiger charge is 2.38. The van der Waals surface area contributed by atoms with E-state index in [4.69, 9.17) is 9.90 Å². The predicted octanol–water partition coefficient (Wildman–Crippen LogP) is 2.66. The van der Waals surface area contributed by atoms with Crippen LogP contribution in [-0.4, -0.2) is 54.2 Å². The van der Waals surface area contributed by atoms with Crippen molar-refractivity contribution in [1.82, 2.24) is 10.6 Å². The molecule has 0 saturated carbocycles. The van der Waals surface area contributed by atoms with Gasteiger partial charge >= 0.3 is 12.1 Å². The number of benzene rings is 1. The molecular formula is C22H28F3N3O4. The predicted molar refractivity (Wildman–Crippen MR) is 113 cm³/mol. The van der Waals surface area contributed by atoms with Crippen molar-refractivity contribution < 1.29 is 32.7 Å². The number of anilines is 1. The fourth-order valence-corrected chi connectivity index (χ4v) is 3.34. The lowest BCUT2D eigenvalue weighted by molar-refractivity contribution is -0.192. The summed E-state index contributed by atoms with van der Waals surface area (Å²) in [5, 5.41) is 13.3. The van der Waals surface area contributed by atoms with Crippen molar-refractivity contribution >= 4 is 23.5 Å². The smallest absolute Gasteiger partial charge is 0.475 e. The number of fused-ring (bicyclic) bond motifs is 1. The number of carbonyl (C=O) groups is 3. The van der Waals surface area contributed by atoms with Gasteiger partial charge in [-0.2, -0.15) is 13.2 Å². The normalized spacial score (nSPS) is 18.4.